The standard InChI is InChI=1S/C19H22FN3O.ClH/c20-17-7-5-15(6-8-17)9-10-22-19(24)14-23-12-11-21-13-16-3-1-2-4-18(16)23;/h1-8,21H,9-14H2,(H,22,24);1H. The van der Waals surface area contributed by atoms with Crippen molar-refractivity contribution in [3.8, 4) is 0 Å². The molecule has 0 saturated heterocycles. The van der Waals surface area contributed by atoms with E-state index >= 15 is 0 Å². The molecule has 0 aromatic heterocycles. The molecule has 0 saturated carbocycles. The molecule has 2 aromatic carbocycles. The van der Waals surface area contributed by atoms with Crippen molar-refractivity contribution in [2.45, 2.75) is 13.0 Å². The van der Waals surface area contributed by atoms with E-state index in [0.717, 1.165) is 30.9 Å². The van der Waals surface area contributed by atoms with Crippen molar-refractivity contribution < 1.29 is 9.18 Å². The number of hydrogen-bond donors (Lipinski definition) is 2. The molecular formula is C19H23ClFN3O. The quantitative estimate of drug-likeness (QED) is 0.858. The zero-order chi connectivity index (χ0) is 16.8. The molecule has 0 fully saturated rings. The van der Waals surface area contributed by atoms with Crippen molar-refractivity contribution in [1.82, 2.24) is 10.6 Å². The number of fused-ring (bicyclic) bond motifs is 1. The van der Waals surface area contributed by atoms with Crippen LogP contribution in [0, 0.1) is 5.82 Å². The SMILES string of the molecule is Cl.O=C(CN1CCNCc2ccccc21)NCCc1ccc(F)cc1. The first-order valence-corrected chi connectivity index (χ1v) is 8.27. The Morgan fingerprint density at radius 3 is 2.72 bits per heavy atom. The molecule has 2 N–H and O–H groups in total. The van der Waals surface area contributed by atoms with Gasteiger partial charge in [0.25, 0.3) is 0 Å². The third kappa shape index (κ3) is 5.44. The van der Waals surface area contributed by atoms with Gasteiger partial charge in [-0.3, -0.25) is 4.79 Å². The lowest BCUT2D eigenvalue weighted by Gasteiger charge is -2.23. The number of para-hydroxylation sites is 1. The molecule has 3 rings (SSSR count). The maximum Gasteiger partial charge on any atom is 0.239 e. The van der Waals surface area contributed by atoms with Crippen LogP contribution in [-0.2, 0) is 17.8 Å². The first-order chi connectivity index (χ1) is 11.7. The molecule has 25 heavy (non-hydrogen) atoms. The minimum absolute atomic E-state index is 0. The molecule has 0 unspecified atom stereocenters. The molecule has 0 spiro atoms. The van der Waals surface area contributed by atoms with Crippen LogP contribution < -0.4 is 15.5 Å². The summed E-state index contributed by atoms with van der Waals surface area (Å²) in [6.45, 7) is 3.40. The number of carbonyl (C=O) groups is 1. The van der Waals surface area contributed by atoms with Gasteiger partial charge in [-0.15, -0.1) is 12.4 Å². The lowest BCUT2D eigenvalue weighted by Crippen LogP contribution is -2.39. The predicted octanol–water partition coefficient (Wildman–Crippen LogP) is 2.52. The van der Waals surface area contributed by atoms with Gasteiger partial charge in [-0.1, -0.05) is 30.3 Å². The molecule has 1 heterocycles. The summed E-state index contributed by atoms with van der Waals surface area (Å²) in [6, 6.07) is 14.6. The van der Waals surface area contributed by atoms with Crippen molar-refractivity contribution in [3.63, 3.8) is 0 Å². The van der Waals surface area contributed by atoms with Crippen LogP contribution in [0.1, 0.15) is 11.1 Å². The van der Waals surface area contributed by atoms with E-state index in [1.165, 1.54) is 17.7 Å². The molecule has 1 amide bonds. The smallest absolute Gasteiger partial charge is 0.239 e. The van der Waals surface area contributed by atoms with E-state index in [9.17, 15) is 9.18 Å². The van der Waals surface area contributed by atoms with Gasteiger partial charge in [0.1, 0.15) is 5.82 Å². The summed E-state index contributed by atoms with van der Waals surface area (Å²) in [5, 5.41) is 6.32. The number of anilines is 1. The summed E-state index contributed by atoms with van der Waals surface area (Å²) in [5.41, 5.74) is 3.35. The van der Waals surface area contributed by atoms with Crippen molar-refractivity contribution in [3.05, 3.63) is 65.5 Å². The van der Waals surface area contributed by atoms with Crippen LogP contribution in [-0.4, -0.2) is 32.1 Å². The molecule has 0 radical (unpaired) electrons. The summed E-state index contributed by atoms with van der Waals surface area (Å²) in [7, 11) is 0. The molecule has 4 nitrogen and oxygen atoms in total. The van der Waals surface area contributed by atoms with Crippen LogP contribution in [0.3, 0.4) is 0 Å². The largest absolute Gasteiger partial charge is 0.361 e. The molecular weight excluding hydrogens is 341 g/mol. The third-order valence-corrected chi connectivity index (χ3v) is 4.19. The van der Waals surface area contributed by atoms with Gasteiger partial charge >= 0.3 is 0 Å². The van der Waals surface area contributed by atoms with Crippen LogP contribution in [0.4, 0.5) is 10.1 Å². The summed E-state index contributed by atoms with van der Waals surface area (Å²) < 4.78 is 12.9. The number of benzene rings is 2. The maximum absolute atomic E-state index is 12.9. The molecule has 6 heteroatoms. The van der Waals surface area contributed by atoms with E-state index in [1.54, 1.807) is 12.1 Å². The van der Waals surface area contributed by atoms with Gasteiger partial charge < -0.3 is 15.5 Å². The second kappa shape index (κ2) is 9.39. The number of carbonyl (C=O) groups excluding carboxylic acids is 1. The van der Waals surface area contributed by atoms with Gasteiger partial charge in [-0.25, -0.2) is 4.39 Å². The number of nitrogens with zero attached hydrogens (tertiary/aromatic N) is 1. The average Bonchev–Trinajstić information content (AvgIpc) is 2.79. The highest BCUT2D eigenvalue weighted by Gasteiger charge is 2.16. The summed E-state index contributed by atoms with van der Waals surface area (Å²) >= 11 is 0. The van der Waals surface area contributed by atoms with Gasteiger partial charge in [0.15, 0.2) is 0 Å². The number of nitrogens with one attached hydrogen (secondary N) is 2. The van der Waals surface area contributed by atoms with Gasteiger partial charge in [0.2, 0.25) is 5.91 Å². The Morgan fingerprint density at radius 1 is 1.16 bits per heavy atom. The zero-order valence-corrected chi connectivity index (χ0v) is 14.8. The van der Waals surface area contributed by atoms with Gasteiger partial charge in [-0.05, 0) is 35.7 Å². The van der Waals surface area contributed by atoms with E-state index in [-0.39, 0.29) is 24.1 Å². The third-order valence-electron chi connectivity index (χ3n) is 4.19. The average molecular weight is 364 g/mol. The first kappa shape index (κ1) is 19.2. The van der Waals surface area contributed by atoms with Crippen molar-refractivity contribution in [2.24, 2.45) is 0 Å². The van der Waals surface area contributed by atoms with E-state index in [4.69, 9.17) is 0 Å². The van der Waals surface area contributed by atoms with Crippen molar-refractivity contribution in [1.29, 1.82) is 0 Å². The Hall–Kier alpha value is -2.11. The van der Waals surface area contributed by atoms with Crippen LogP contribution in [0.5, 0.6) is 0 Å². The van der Waals surface area contributed by atoms with Crippen LogP contribution in [0.25, 0.3) is 0 Å². The fourth-order valence-electron chi connectivity index (χ4n) is 2.92. The van der Waals surface area contributed by atoms with Crippen LogP contribution in [0.15, 0.2) is 48.5 Å². The van der Waals surface area contributed by atoms with E-state index < -0.39 is 0 Å². The van der Waals surface area contributed by atoms with E-state index in [0.29, 0.717) is 19.5 Å². The highest BCUT2D eigenvalue weighted by atomic mass is 35.5. The van der Waals surface area contributed by atoms with E-state index in [2.05, 4.69) is 27.7 Å². The van der Waals surface area contributed by atoms with Gasteiger partial charge in [-0.2, -0.15) is 0 Å². The van der Waals surface area contributed by atoms with Crippen molar-refractivity contribution in [2.75, 3.05) is 31.1 Å². The second-order valence-corrected chi connectivity index (χ2v) is 5.95. The predicted molar refractivity (Wildman–Crippen MR) is 101 cm³/mol. The Kier molecular flexibility index (Phi) is 7.22. The number of halogens is 2. The van der Waals surface area contributed by atoms with Crippen molar-refractivity contribution >= 4 is 24.0 Å². The van der Waals surface area contributed by atoms with Crippen LogP contribution in [0.2, 0.25) is 0 Å². The zero-order valence-electron chi connectivity index (χ0n) is 14.0. The fourth-order valence-corrected chi connectivity index (χ4v) is 2.92. The number of hydrogen-bond acceptors (Lipinski definition) is 3. The topological polar surface area (TPSA) is 44.4 Å². The Morgan fingerprint density at radius 2 is 1.92 bits per heavy atom. The lowest BCUT2D eigenvalue weighted by atomic mass is 10.1. The highest BCUT2D eigenvalue weighted by Crippen LogP contribution is 2.21. The van der Waals surface area contributed by atoms with E-state index in [1.807, 2.05) is 12.1 Å². The Labute approximate surface area is 153 Å². The molecule has 0 aliphatic carbocycles. The monoisotopic (exact) mass is 363 g/mol. The minimum atomic E-state index is -0.240. The molecule has 1 aliphatic heterocycles. The maximum atomic E-state index is 12.9. The summed E-state index contributed by atoms with van der Waals surface area (Å²) in [5.74, 6) is -0.231. The first-order valence-electron chi connectivity index (χ1n) is 8.27. The number of amides is 1. The van der Waals surface area contributed by atoms with Gasteiger partial charge in [0, 0.05) is 31.9 Å². The highest BCUT2D eigenvalue weighted by molar-refractivity contribution is 5.85. The normalized spacial score (nSPS) is 13.4. The summed E-state index contributed by atoms with van der Waals surface area (Å²) in [4.78, 5) is 14.4. The molecule has 0 atom stereocenters. The van der Waals surface area contributed by atoms with Gasteiger partial charge in [0.05, 0.1) is 6.54 Å². The molecule has 1 aliphatic rings. The Balaban J connectivity index is 0.00000225. The second-order valence-electron chi connectivity index (χ2n) is 5.95. The molecule has 2 aromatic rings. The van der Waals surface area contributed by atoms with Crippen LogP contribution >= 0.6 is 12.4 Å². The Bertz CT molecular complexity index is 693. The number of rotatable bonds is 5. The summed E-state index contributed by atoms with van der Waals surface area (Å²) in [6.07, 6.45) is 0.699. The fraction of sp³-hybridized carbons (Fsp3) is 0.316. The minimum Gasteiger partial charge on any atom is -0.361 e. The molecule has 0 bridgehead atoms. The molecule has 134 valence electrons. The lowest BCUT2D eigenvalue weighted by molar-refractivity contribution is -0.119.